The molecule has 5 nitrogen and oxygen atoms in total. The number of pyridine rings is 1. The molecule has 0 saturated heterocycles. The highest BCUT2D eigenvalue weighted by molar-refractivity contribution is 5.88. The van der Waals surface area contributed by atoms with Crippen LogP contribution < -0.4 is 9.47 Å². The Kier molecular flexibility index (Phi) is 4.10. The summed E-state index contributed by atoms with van der Waals surface area (Å²) in [6.07, 6.45) is 0. The number of rotatable bonds is 5. The van der Waals surface area contributed by atoms with Crippen LogP contribution in [-0.4, -0.2) is 23.2 Å². The summed E-state index contributed by atoms with van der Waals surface area (Å²) in [7, 11) is 1.51. The SMILES string of the molecule is COc1ccc(C(=O)O)cc1OCc1ccc2ccccc2n1. The van der Waals surface area contributed by atoms with E-state index in [-0.39, 0.29) is 12.2 Å². The van der Waals surface area contributed by atoms with Crippen molar-refractivity contribution in [2.45, 2.75) is 6.61 Å². The maximum atomic E-state index is 11.1. The number of carboxylic acid groups (broad SMARTS) is 1. The van der Waals surface area contributed by atoms with Crippen molar-refractivity contribution in [2.75, 3.05) is 7.11 Å². The Morgan fingerprint density at radius 1 is 1.09 bits per heavy atom. The summed E-state index contributed by atoms with van der Waals surface area (Å²) in [6, 6.07) is 16.2. The number of benzene rings is 2. The first-order valence-corrected chi connectivity index (χ1v) is 7.06. The van der Waals surface area contributed by atoms with Gasteiger partial charge in [-0.15, -0.1) is 0 Å². The van der Waals surface area contributed by atoms with Gasteiger partial charge in [0.05, 0.1) is 23.9 Å². The van der Waals surface area contributed by atoms with Crippen molar-refractivity contribution in [3.05, 3.63) is 65.9 Å². The van der Waals surface area contributed by atoms with E-state index in [4.69, 9.17) is 14.6 Å². The van der Waals surface area contributed by atoms with Crippen molar-refractivity contribution in [1.82, 2.24) is 4.98 Å². The molecule has 3 aromatic rings. The van der Waals surface area contributed by atoms with Gasteiger partial charge < -0.3 is 14.6 Å². The van der Waals surface area contributed by atoms with Crippen LogP contribution in [0.25, 0.3) is 10.9 Å². The molecular formula is C18H15NO4. The van der Waals surface area contributed by atoms with Crippen LogP contribution in [0.5, 0.6) is 11.5 Å². The van der Waals surface area contributed by atoms with Gasteiger partial charge in [-0.2, -0.15) is 0 Å². The molecule has 0 saturated carbocycles. The van der Waals surface area contributed by atoms with E-state index < -0.39 is 5.97 Å². The topological polar surface area (TPSA) is 68.7 Å². The average molecular weight is 309 g/mol. The van der Waals surface area contributed by atoms with E-state index in [0.717, 1.165) is 16.6 Å². The highest BCUT2D eigenvalue weighted by Gasteiger charge is 2.10. The Morgan fingerprint density at radius 3 is 2.70 bits per heavy atom. The largest absolute Gasteiger partial charge is 0.493 e. The van der Waals surface area contributed by atoms with Gasteiger partial charge in [0.2, 0.25) is 0 Å². The number of carbonyl (C=O) groups is 1. The van der Waals surface area contributed by atoms with Gasteiger partial charge in [0.1, 0.15) is 6.61 Å². The third-order valence-corrected chi connectivity index (χ3v) is 3.44. The molecule has 1 N–H and O–H groups in total. The predicted molar refractivity (Wildman–Crippen MR) is 86.0 cm³/mol. The van der Waals surface area contributed by atoms with Crippen LogP contribution in [0, 0.1) is 0 Å². The lowest BCUT2D eigenvalue weighted by Gasteiger charge is -2.11. The summed E-state index contributed by atoms with van der Waals surface area (Å²) >= 11 is 0. The maximum absolute atomic E-state index is 11.1. The van der Waals surface area contributed by atoms with Gasteiger partial charge in [-0.1, -0.05) is 24.3 Å². The lowest BCUT2D eigenvalue weighted by Crippen LogP contribution is -2.02. The molecule has 0 fully saturated rings. The number of aromatic carboxylic acids is 1. The fourth-order valence-electron chi connectivity index (χ4n) is 2.26. The first-order valence-electron chi connectivity index (χ1n) is 7.06. The molecule has 2 aromatic carbocycles. The zero-order valence-electron chi connectivity index (χ0n) is 12.5. The molecule has 0 aliphatic rings. The monoisotopic (exact) mass is 309 g/mol. The first kappa shape index (κ1) is 14.8. The van der Waals surface area contributed by atoms with E-state index >= 15 is 0 Å². The van der Waals surface area contributed by atoms with Gasteiger partial charge in [0.25, 0.3) is 0 Å². The highest BCUT2D eigenvalue weighted by Crippen LogP contribution is 2.29. The molecule has 0 atom stereocenters. The van der Waals surface area contributed by atoms with E-state index in [1.807, 2.05) is 36.4 Å². The van der Waals surface area contributed by atoms with E-state index in [0.29, 0.717) is 11.5 Å². The third-order valence-electron chi connectivity index (χ3n) is 3.44. The second-order valence-corrected chi connectivity index (χ2v) is 4.95. The van der Waals surface area contributed by atoms with Crippen LogP contribution >= 0.6 is 0 Å². The fraction of sp³-hybridized carbons (Fsp3) is 0.111. The highest BCUT2D eigenvalue weighted by atomic mass is 16.5. The molecule has 1 aromatic heterocycles. The zero-order chi connectivity index (χ0) is 16.2. The molecule has 0 spiro atoms. The molecule has 5 heteroatoms. The lowest BCUT2D eigenvalue weighted by molar-refractivity contribution is 0.0696. The van der Waals surface area contributed by atoms with Crippen molar-refractivity contribution in [1.29, 1.82) is 0 Å². The van der Waals surface area contributed by atoms with E-state index in [2.05, 4.69) is 4.98 Å². The number of methoxy groups -OCH3 is 1. The van der Waals surface area contributed by atoms with Crippen molar-refractivity contribution in [3.8, 4) is 11.5 Å². The van der Waals surface area contributed by atoms with Gasteiger partial charge in [-0.05, 0) is 30.3 Å². The molecule has 0 radical (unpaired) electrons. The summed E-state index contributed by atoms with van der Waals surface area (Å²) in [4.78, 5) is 15.6. The number of hydrogen-bond donors (Lipinski definition) is 1. The van der Waals surface area contributed by atoms with Crippen LogP contribution in [-0.2, 0) is 6.61 Å². The maximum Gasteiger partial charge on any atom is 0.335 e. The molecule has 3 rings (SSSR count). The number of aromatic nitrogens is 1. The molecular weight excluding hydrogens is 294 g/mol. The smallest absolute Gasteiger partial charge is 0.335 e. The Labute approximate surface area is 133 Å². The molecule has 23 heavy (non-hydrogen) atoms. The Hall–Kier alpha value is -3.08. The normalized spacial score (nSPS) is 10.5. The predicted octanol–water partition coefficient (Wildman–Crippen LogP) is 3.52. The van der Waals surface area contributed by atoms with Crippen LogP contribution in [0.4, 0.5) is 0 Å². The summed E-state index contributed by atoms with van der Waals surface area (Å²) < 4.78 is 10.9. The second kappa shape index (κ2) is 6.36. The van der Waals surface area contributed by atoms with Gasteiger partial charge in [-0.25, -0.2) is 9.78 Å². The van der Waals surface area contributed by atoms with Gasteiger partial charge in [-0.3, -0.25) is 0 Å². The molecule has 0 bridgehead atoms. The average Bonchev–Trinajstić information content (AvgIpc) is 2.59. The van der Waals surface area contributed by atoms with Crippen molar-refractivity contribution < 1.29 is 19.4 Å². The summed E-state index contributed by atoms with van der Waals surface area (Å²) in [6.45, 7) is 0.226. The number of hydrogen-bond acceptors (Lipinski definition) is 4. The number of nitrogens with zero attached hydrogens (tertiary/aromatic N) is 1. The summed E-state index contributed by atoms with van der Waals surface area (Å²) in [5.41, 5.74) is 1.79. The van der Waals surface area contributed by atoms with Crippen LogP contribution in [0.15, 0.2) is 54.6 Å². The number of para-hydroxylation sites is 1. The quantitative estimate of drug-likeness (QED) is 0.781. The minimum atomic E-state index is -1.01. The minimum absolute atomic E-state index is 0.146. The Balaban J connectivity index is 1.83. The Morgan fingerprint density at radius 2 is 1.91 bits per heavy atom. The van der Waals surface area contributed by atoms with Crippen molar-refractivity contribution >= 4 is 16.9 Å². The van der Waals surface area contributed by atoms with E-state index in [1.165, 1.54) is 19.2 Å². The zero-order valence-corrected chi connectivity index (χ0v) is 12.5. The summed E-state index contributed by atoms with van der Waals surface area (Å²) in [5.74, 6) is -0.153. The van der Waals surface area contributed by atoms with Crippen LogP contribution in [0.3, 0.4) is 0 Å². The van der Waals surface area contributed by atoms with Crippen LogP contribution in [0.1, 0.15) is 16.1 Å². The molecule has 0 unspecified atom stereocenters. The third kappa shape index (κ3) is 3.23. The molecule has 1 heterocycles. The minimum Gasteiger partial charge on any atom is -0.493 e. The standard InChI is InChI=1S/C18H15NO4/c1-22-16-9-7-13(18(20)21)10-17(16)23-11-14-8-6-12-4-2-3-5-15(12)19-14/h2-10H,11H2,1H3,(H,20,21). The number of ether oxygens (including phenoxy) is 2. The number of carboxylic acids is 1. The van der Waals surface area contributed by atoms with Crippen LogP contribution in [0.2, 0.25) is 0 Å². The van der Waals surface area contributed by atoms with E-state index in [1.54, 1.807) is 6.07 Å². The van der Waals surface area contributed by atoms with Gasteiger partial charge in [0, 0.05) is 5.39 Å². The van der Waals surface area contributed by atoms with Crippen molar-refractivity contribution in [3.63, 3.8) is 0 Å². The first-order chi connectivity index (χ1) is 11.2. The van der Waals surface area contributed by atoms with Gasteiger partial charge in [0.15, 0.2) is 11.5 Å². The number of fused-ring (bicyclic) bond motifs is 1. The molecule has 116 valence electrons. The Bertz CT molecular complexity index is 861. The lowest BCUT2D eigenvalue weighted by atomic mass is 10.2. The second-order valence-electron chi connectivity index (χ2n) is 4.95. The molecule has 0 aliphatic heterocycles. The fourth-order valence-corrected chi connectivity index (χ4v) is 2.26. The van der Waals surface area contributed by atoms with Crippen molar-refractivity contribution in [2.24, 2.45) is 0 Å². The van der Waals surface area contributed by atoms with Gasteiger partial charge >= 0.3 is 5.97 Å². The van der Waals surface area contributed by atoms with E-state index in [9.17, 15) is 4.79 Å². The molecule has 0 amide bonds. The summed E-state index contributed by atoms with van der Waals surface area (Å²) in [5, 5.41) is 10.1. The molecule has 0 aliphatic carbocycles.